The molecule has 1 aromatic carbocycles. The van der Waals surface area contributed by atoms with Crippen LogP contribution in [-0.2, 0) is 4.74 Å². The third-order valence-electron chi connectivity index (χ3n) is 3.46. The minimum absolute atomic E-state index is 0.0800. The Kier molecular flexibility index (Phi) is 4.88. The molecule has 2 rings (SSSR count). The molecule has 0 bridgehead atoms. The number of halogens is 2. The Labute approximate surface area is 113 Å². The van der Waals surface area contributed by atoms with Crippen LogP contribution in [0.4, 0.5) is 8.78 Å². The van der Waals surface area contributed by atoms with Gasteiger partial charge in [-0.05, 0) is 31.0 Å². The molecule has 2 atom stereocenters. The van der Waals surface area contributed by atoms with Crippen LogP contribution in [0.5, 0.6) is 0 Å². The van der Waals surface area contributed by atoms with Crippen molar-refractivity contribution < 1.29 is 13.5 Å². The van der Waals surface area contributed by atoms with Gasteiger partial charge in [0.25, 0.3) is 0 Å². The van der Waals surface area contributed by atoms with Gasteiger partial charge in [-0.25, -0.2) is 8.78 Å². The molecule has 0 aliphatic carbocycles. The number of hydrogen-bond donors (Lipinski definition) is 1. The first-order chi connectivity index (χ1) is 9.09. The quantitative estimate of drug-likeness (QED) is 0.885. The first-order valence-electron chi connectivity index (χ1n) is 6.85. The van der Waals surface area contributed by atoms with Crippen LogP contribution in [0.15, 0.2) is 18.2 Å². The highest BCUT2D eigenvalue weighted by Crippen LogP contribution is 2.36. The fraction of sp³-hybridized carbons (Fsp3) is 0.600. The molecule has 0 aromatic heterocycles. The average molecular weight is 269 g/mol. The van der Waals surface area contributed by atoms with Crippen molar-refractivity contribution in [3.05, 3.63) is 35.4 Å². The third-order valence-corrected chi connectivity index (χ3v) is 3.46. The summed E-state index contributed by atoms with van der Waals surface area (Å²) in [5.74, 6) is -0.336. The summed E-state index contributed by atoms with van der Waals surface area (Å²) >= 11 is 0. The summed E-state index contributed by atoms with van der Waals surface area (Å²) < 4.78 is 33.1. The average Bonchev–Trinajstić information content (AvgIpc) is 2.77. The molecule has 19 heavy (non-hydrogen) atoms. The molecule has 2 unspecified atom stereocenters. The number of hydrogen-bond acceptors (Lipinski definition) is 2. The van der Waals surface area contributed by atoms with E-state index in [1.807, 2.05) is 0 Å². The van der Waals surface area contributed by atoms with Gasteiger partial charge in [0.2, 0.25) is 0 Å². The molecule has 1 aromatic rings. The highest BCUT2D eigenvalue weighted by atomic mass is 19.1. The van der Waals surface area contributed by atoms with Crippen LogP contribution >= 0.6 is 0 Å². The van der Waals surface area contributed by atoms with E-state index in [9.17, 15) is 8.78 Å². The zero-order valence-corrected chi connectivity index (χ0v) is 11.5. The van der Waals surface area contributed by atoms with Crippen molar-refractivity contribution in [2.45, 2.75) is 26.4 Å². The lowest BCUT2D eigenvalue weighted by Crippen LogP contribution is -2.28. The first kappa shape index (κ1) is 14.4. The van der Waals surface area contributed by atoms with E-state index in [1.165, 1.54) is 18.2 Å². The van der Waals surface area contributed by atoms with Crippen molar-refractivity contribution in [3.8, 4) is 0 Å². The molecule has 0 amide bonds. The standard InChI is InChI=1S/C15H21F2NO/c1-10(2)8-18-9-11-6-7-19-15(11)14-12(16)4-3-5-13(14)17/h3-5,10-11,15,18H,6-9H2,1-2H3. The first-order valence-corrected chi connectivity index (χ1v) is 6.85. The summed E-state index contributed by atoms with van der Waals surface area (Å²) in [5.41, 5.74) is 0.0800. The largest absolute Gasteiger partial charge is 0.373 e. The molecule has 1 heterocycles. The molecule has 0 radical (unpaired) electrons. The summed E-state index contributed by atoms with van der Waals surface area (Å²) in [6.45, 7) is 6.46. The molecule has 106 valence electrons. The van der Waals surface area contributed by atoms with Gasteiger partial charge in [0, 0.05) is 19.1 Å². The lowest BCUT2D eigenvalue weighted by atomic mass is 9.94. The van der Waals surface area contributed by atoms with Gasteiger partial charge in [-0.3, -0.25) is 0 Å². The van der Waals surface area contributed by atoms with E-state index in [0.29, 0.717) is 12.5 Å². The van der Waals surface area contributed by atoms with Crippen LogP contribution in [0.25, 0.3) is 0 Å². The molecule has 1 aliphatic rings. The zero-order chi connectivity index (χ0) is 13.8. The van der Waals surface area contributed by atoms with Crippen LogP contribution in [0.2, 0.25) is 0 Å². The number of ether oxygens (including phenoxy) is 1. The van der Waals surface area contributed by atoms with E-state index in [1.54, 1.807) is 0 Å². The van der Waals surface area contributed by atoms with E-state index in [-0.39, 0.29) is 11.5 Å². The fourth-order valence-corrected chi connectivity index (χ4v) is 2.50. The Morgan fingerprint density at radius 1 is 1.32 bits per heavy atom. The maximum Gasteiger partial charge on any atom is 0.131 e. The second kappa shape index (κ2) is 6.44. The Hall–Kier alpha value is -1.00. The summed E-state index contributed by atoms with van der Waals surface area (Å²) in [5, 5.41) is 3.34. The van der Waals surface area contributed by atoms with Gasteiger partial charge in [-0.15, -0.1) is 0 Å². The van der Waals surface area contributed by atoms with Crippen LogP contribution in [0, 0.1) is 23.5 Å². The molecular weight excluding hydrogens is 248 g/mol. The van der Waals surface area contributed by atoms with E-state index in [4.69, 9.17) is 4.74 Å². The molecule has 1 aliphatic heterocycles. The third kappa shape index (κ3) is 3.51. The molecule has 4 heteroatoms. The van der Waals surface area contributed by atoms with Gasteiger partial charge in [0.1, 0.15) is 11.6 Å². The van der Waals surface area contributed by atoms with Crippen molar-refractivity contribution in [3.63, 3.8) is 0 Å². The zero-order valence-electron chi connectivity index (χ0n) is 11.5. The monoisotopic (exact) mass is 269 g/mol. The van der Waals surface area contributed by atoms with Crippen LogP contribution < -0.4 is 5.32 Å². The van der Waals surface area contributed by atoms with Crippen LogP contribution in [-0.4, -0.2) is 19.7 Å². The van der Waals surface area contributed by atoms with E-state index in [0.717, 1.165) is 19.5 Å². The normalized spacial score (nSPS) is 23.2. The molecule has 2 nitrogen and oxygen atoms in total. The number of nitrogens with one attached hydrogen (secondary N) is 1. The fourth-order valence-electron chi connectivity index (χ4n) is 2.50. The van der Waals surface area contributed by atoms with Crippen LogP contribution in [0.1, 0.15) is 31.9 Å². The highest BCUT2D eigenvalue weighted by Gasteiger charge is 2.33. The summed E-state index contributed by atoms with van der Waals surface area (Å²) in [4.78, 5) is 0. The molecule has 1 saturated heterocycles. The van der Waals surface area contributed by atoms with Gasteiger partial charge >= 0.3 is 0 Å². The van der Waals surface area contributed by atoms with Crippen molar-refractivity contribution in [2.24, 2.45) is 11.8 Å². The van der Waals surface area contributed by atoms with E-state index in [2.05, 4.69) is 19.2 Å². The summed E-state index contributed by atoms with van der Waals surface area (Å²) in [6.07, 6.45) is 0.365. The Bertz CT molecular complexity index is 402. The smallest absolute Gasteiger partial charge is 0.131 e. The predicted molar refractivity (Wildman–Crippen MR) is 70.9 cm³/mol. The molecule has 0 saturated carbocycles. The maximum absolute atomic E-state index is 13.8. The van der Waals surface area contributed by atoms with E-state index >= 15 is 0 Å². The lowest BCUT2D eigenvalue weighted by Gasteiger charge is -2.21. The second-order valence-corrected chi connectivity index (χ2v) is 5.53. The number of benzene rings is 1. The van der Waals surface area contributed by atoms with Gasteiger partial charge in [0.05, 0.1) is 11.7 Å². The Morgan fingerprint density at radius 3 is 2.63 bits per heavy atom. The topological polar surface area (TPSA) is 21.3 Å². The predicted octanol–water partition coefficient (Wildman–Crippen LogP) is 3.29. The van der Waals surface area contributed by atoms with E-state index < -0.39 is 17.7 Å². The van der Waals surface area contributed by atoms with Crippen molar-refractivity contribution in [2.75, 3.05) is 19.7 Å². The van der Waals surface area contributed by atoms with Gasteiger partial charge < -0.3 is 10.1 Å². The van der Waals surface area contributed by atoms with Gasteiger partial charge in [-0.2, -0.15) is 0 Å². The molecule has 1 fully saturated rings. The van der Waals surface area contributed by atoms with Gasteiger partial charge in [-0.1, -0.05) is 19.9 Å². The molecule has 0 spiro atoms. The minimum atomic E-state index is -0.513. The van der Waals surface area contributed by atoms with Gasteiger partial charge in [0.15, 0.2) is 0 Å². The maximum atomic E-state index is 13.8. The van der Waals surface area contributed by atoms with Crippen molar-refractivity contribution >= 4 is 0 Å². The molecule has 1 N–H and O–H groups in total. The highest BCUT2D eigenvalue weighted by molar-refractivity contribution is 5.23. The van der Waals surface area contributed by atoms with Crippen molar-refractivity contribution in [1.29, 1.82) is 0 Å². The number of rotatable bonds is 5. The Morgan fingerprint density at radius 2 is 2.00 bits per heavy atom. The lowest BCUT2D eigenvalue weighted by molar-refractivity contribution is 0.0841. The van der Waals surface area contributed by atoms with Crippen LogP contribution in [0.3, 0.4) is 0 Å². The van der Waals surface area contributed by atoms with Crippen molar-refractivity contribution in [1.82, 2.24) is 5.32 Å². The summed E-state index contributed by atoms with van der Waals surface area (Å²) in [7, 11) is 0. The SMILES string of the molecule is CC(C)CNCC1CCOC1c1c(F)cccc1F. The Balaban J connectivity index is 2.06. The minimum Gasteiger partial charge on any atom is -0.373 e. The summed E-state index contributed by atoms with van der Waals surface area (Å²) in [6, 6.07) is 3.96. The molecular formula is C15H21F2NO. The second-order valence-electron chi connectivity index (χ2n) is 5.53.